The third kappa shape index (κ3) is 2.48. The van der Waals surface area contributed by atoms with Crippen LogP contribution in [-0.2, 0) is 0 Å². The summed E-state index contributed by atoms with van der Waals surface area (Å²) in [5, 5.41) is 2.58. The Bertz CT molecular complexity index is 267. The molecule has 0 saturated heterocycles. The maximum absolute atomic E-state index is 10.2. The van der Waals surface area contributed by atoms with Crippen LogP contribution in [0, 0.1) is 0 Å². The van der Waals surface area contributed by atoms with Gasteiger partial charge in [-0.3, -0.25) is 4.79 Å². The molecule has 0 aliphatic carbocycles. The molecule has 0 amide bonds. The highest BCUT2D eigenvalue weighted by molar-refractivity contribution is 7.80. The second-order valence-corrected chi connectivity index (χ2v) is 3.07. The number of carbonyl (C=O) groups excluding carboxylic acids is 1. The molecule has 1 rings (SSSR count). The second kappa shape index (κ2) is 4.31. The van der Waals surface area contributed by atoms with Crippen molar-refractivity contribution in [1.82, 2.24) is 4.98 Å². The van der Waals surface area contributed by atoms with Crippen LogP contribution >= 0.6 is 24.0 Å². The van der Waals surface area contributed by atoms with Gasteiger partial charge in [-0.05, 0) is 6.08 Å². The van der Waals surface area contributed by atoms with Gasteiger partial charge >= 0.3 is 0 Å². The number of hydrogen-bond acceptors (Lipinski definition) is 4. The Morgan fingerprint density at radius 1 is 1.73 bits per heavy atom. The van der Waals surface area contributed by atoms with E-state index >= 15 is 0 Å². The molecule has 58 valence electrons. The summed E-state index contributed by atoms with van der Waals surface area (Å²) in [6, 6.07) is 0. The molecule has 0 aliphatic heterocycles. The van der Waals surface area contributed by atoms with Crippen molar-refractivity contribution in [2.75, 3.05) is 5.75 Å². The van der Waals surface area contributed by atoms with E-state index in [0.29, 0.717) is 11.4 Å². The minimum atomic E-state index is 0.494. The van der Waals surface area contributed by atoms with Crippen molar-refractivity contribution in [1.29, 1.82) is 0 Å². The largest absolute Gasteiger partial charge is 0.296 e. The highest BCUT2D eigenvalue weighted by Gasteiger charge is 1.94. The summed E-state index contributed by atoms with van der Waals surface area (Å²) in [5.41, 5.74) is 0.494. The molecule has 0 saturated carbocycles. The summed E-state index contributed by atoms with van der Waals surface area (Å²) in [6.45, 7) is 0. The lowest BCUT2D eigenvalue weighted by Gasteiger charge is -1.78. The minimum Gasteiger partial charge on any atom is -0.296 e. The van der Waals surface area contributed by atoms with E-state index < -0.39 is 0 Å². The average molecular weight is 185 g/mol. The van der Waals surface area contributed by atoms with Gasteiger partial charge in [-0.1, -0.05) is 6.08 Å². The summed E-state index contributed by atoms with van der Waals surface area (Å²) in [6.07, 6.45) is 4.48. The number of aldehydes is 1. The molecular weight excluding hydrogens is 178 g/mol. The van der Waals surface area contributed by atoms with Gasteiger partial charge in [0, 0.05) is 11.1 Å². The van der Waals surface area contributed by atoms with E-state index in [-0.39, 0.29) is 0 Å². The molecule has 4 heteroatoms. The first-order chi connectivity index (χ1) is 5.36. The zero-order valence-electron chi connectivity index (χ0n) is 5.73. The van der Waals surface area contributed by atoms with E-state index in [1.807, 2.05) is 12.2 Å². The average Bonchev–Trinajstić information content (AvgIpc) is 2.48. The number of rotatable bonds is 3. The Morgan fingerprint density at radius 3 is 3.09 bits per heavy atom. The summed E-state index contributed by atoms with van der Waals surface area (Å²) in [4.78, 5) is 14.2. The van der Waals surface area contributed by atoms with Crippen LogP contribution in [0.4, 0.5) is 0 Å². The Kier molecular flexibility index (Phi) is 3.32. The summed E-state index contributed by atoms with van der Waals surface area (Å²) in [7, 11) is 0. The van der Waals surface area contributed by atoms with Crippen molar-refractivity contribution in [2.45, 2.75) is 0 Å². The molecule has 2 nitrogen and oxygen atoms in total. The predicted octanol–water partition coefficient (Wildman–Crippen LogP) is 1.90. The van der Waals surface area contributed by atoms with Crippen LogP contribution in [0.2, 0.25) is 0 Å². The van der Waals surface area contributed by atoms with Crippen LogP contribution in [0.25, 0.3) is 6.08 Å². The molecule has 0 aliphatic rings. The van der Waals surface area contributed by atoms with E-state index in [1.165, 1.54) is 11.3 Å². The van der Waals surface area contributed by atoms with Crippen LogP contribution in [0.1, 0.15) is 15.5 Å². The molecule has 1 heterocycles. The molecule has 0 N–H and O–H groups in total. The van der Waals surface area contributed by atoms with Gasteiger partial charge in [0.15, 0.2) is 6.29 Å². The Labute approximate surface area is 74.4 Å². The monoisotopic (exact) mass is 185 g/mol. The van der Waals surface area contributed by atoms with E-state index in [0.717, 1.165) is 11.3 Å². The molecule has 0 radical (unpaired) electrons. The van der Waals surface area contributed by atoms with Gasteiger partial charge in [0.1, 0.15) is 10.7 Å². The van der Waals surface area contributed by atoms with Gasteiger partial charge < -0.3 is 0 Å². The van der Waals surface area contributed by atoms with Crippen LogP contribution in [0.5, 0.6) is 0 Å². The van der Waals surface area contributed by atoms with Gasteiger partial charge in [-0.15, -0.1) is 11.3 Å². The molecule has 0 spiro atoms. The fourth-order valence-electron chi connectivity index (χ4n) is 0.585. The van der Waals surface area contributed by atoms with Crippen molar-refractivity contribution in [3.63, 3.8) is 0 Å². The standard InChI is InChI=1S/C7H7NOS2/c9-4-6-5-11-7(8-6)2-1-3-10/h1-2,4-5,10H,3H2. The molecule has 11 heavy (non-hydrogen) atoms. The summed E-state index contributed by atoms with van der Waals surface area (Å²) >= 11 is 5.45. The van der Waals surface area contributed by atoms with Gasteiger partial charge in [0.2, 0.25) is 0 Å². The Balaban J connectivity index is 2.72. The van der Waals surface area contributed by atoms with Crippen LogP contribution in [0.15, 0.2) is 11.5 Å². The van der Waals surface area contributed by atoms with Crippen molar-refractivity contribution in [3.8, 4) is 0 Å². The smallest absolute Gasteiger partial charge is 0.169 e. The first-order valence-electron chi connectivity index (χ1n) is 3.05. The summed E-state index contributed by atoms with van der Waals surface area (Å²) < 4.78 is 0. The molecular formula is C7H7NOS2. The Morgan fingerprint density at radius 2 is 2.55 bits per heavy atom. The molecule has 0 unspecified atom stereocenters. The van der Waals surface area contributed by atoms with Crippen molar-refractivity contribution in [3.05, 3.63) is 22.2 Å². The molecule has 1 aromatic rings. The number of aromatic nitrogens is 1. The molecule has 0 aromatic carbocycles. The number of hydrogen-bond donors (Lipinski definition) is 1. The normalized spacial score (nSPS) is 10.6. The van der Waals surface area contributed by atoms with Gasteiger partial charge in [0.25, 0.3) is 0 Å². The van der Waals surface area contributed by atoms with E-state index in [4.69, 9.17) is 0 Å². The van der Waals surface area contributed by atoms with E-state index in [2.05, 4.69) is 17.6 Å². The third-order valence-electron chi connectivity index (χ3n) is 1.03. The maximum Gasteiger partial charge on any atom is 0.169 e. The number of thiazole rings is 1. The van der Waals surface area contributed by atoms with E-state index in [1.54, 1.807) is 5.38 Å². The lowest BCUT2D eigenvalue weighted by Crippen LogP contribution is -1.77. The zero-order valence-corrected chi connectivity index (χ0v) is 7.44. The molecule has 0 bridgehead atoms. The second-order valence-electron chi connectivity index (χ2n) is 1.81. The molecule has 1 aromatic heterocycles. The number of nitrogens with zero attached hydrogens (tertiary/aromatic N) is 1. The van der Waals surface area contributed by atoms with Crippen LogP contribution in [-0.4, -0.2) is 17.0 Å². The highest BCUT2D eigenvalue weighted by atomic mass is 32.1. The van der Waals surface area contributed by atoms with Crippen molar-refractivity contribution < 1.29 is 4.79 Å². The quantitative estimate of drug-likeness (QED) is 0.576. The van der Waals surface area contributed by atoms with Gasteiger partial charge in [-0.2, -0.15) is 12.6 Å². The van der Waals surface area contributed by atoms with Crippen LogP contribution in [0.3, 0.4) is 0 Å². The van der Waals surface area contributed by atoms with Crippen molar-refractivity contribution >= 4 is 36.3 Å². The number of carbonyl (C=O) groups is 1. The highest BCUT2D eigenvalue weighted by Crippen LogP contribution is 2.09. The topological polar surface area (TPSA) is 30.0 Å². The lowest BCUT2D eigenvalue weighted by atomic mass is 10.5. The van der Waals surface area contributed by atoms with Crippen LogP contribution < -0.4 is 0 Å². The van der Waals surface area contributed by atoms with Gasteiger partial charge in [-0.25, -0.2) is 4.98 Å². The minimum absolute atomic E-state index is 0.494. The number of thiol groups is 1. The fraction of sp³-hybridized carbons (Fsp3) is 0.143. The fourth-order valence-corrected chi connectivity index (χ4v) is 1.37. The maximum atomic E-state index is 10.2. The summed E-state index contributed by atoms with van der Waals surface area (Å²) in [5.74, 6) is 0.690. The first kappa shape index (κ1) is 8.49. The van der Waals surface area contributed by atoms with Gasteiger partial charge in [0.05, 0.1) is 0 Å². The zero-order chi connectivity index (χ0) is 8.10. The Hall–Kier alpha value is -0.610. The van der Waals surface area contributed by atoms with Crippen molar-refractivity contribution in [2.24, 2.45) is 0 Å². The predicted molar refractivity (Wildman–Crippen MR) is 50.4 cm³/mol. The SMILES string of the molecule is O=Cc1csc(C=CCS)n1. The molecule has 0 atom stereocenters. The van der Waals surface area contributed by atoms with E-state index in [9.17, 15) is 4.79 Å². The molecule has 0 fully saturated rings. The lowest BCUT2D eigenvalue weighted by molar-refractivity contribution is 0.111. The third-order valence-corrected chi connectivity index (χ3v) is 2.07. The first-order valence-corrected chi connectivity index (χ1v) is 4.56.